The second-order valence-corrected chi connectivity index (χ2v) is 10.7. The first kappa shape index (κ1) is 26.3. The molecule has 1 unspecified atom stereocenters. The maximum absolute atomic E-state index is 13.9. The number of benzene rings is 2. The Morgan fingerprint density at radius 2 is 1.81 bits per heavy atom. The molecule has 6 nitrogen and oxygen atoms in total. The minimum absolute atomic E-state index is 0.307. The molecule has 202 valence electrons. The summed E-state index contributed by atoms with van der Waals surface area (Å²) < 4.78 is 30.8. The minimum Gasteiger partial charge on any atom is -0.494 e. The van der Waals surface area contributed by atoms with E-state index < -0.39 is 0 Å². The largest absolute Gasteiger partial charge is 0.494 e. The monoisotopic (exact) mass is 511 g/mol. The van der Waals surface area contributed by atoms with Gasteiger partial charge in [0.05, 0.1) is 26.9 Å². The first-order chi connectivity index (χ1) is 18.0. The maximum atomic E-state index is 13.9. The normalized spacial score (nSPS) is 23.1. The van der Waals surface area contributed by atoms with E-state index in [1.165, 1.54) is 49.1 Å². The molecule has 0 spiro atoms. The van der Waals surface area contributed by atoms with Crippen LogP contribution in [0.2, 0.25) is 0 Å². The average molecular weight is 512 g/mol. The van der Waals surface area contributed by atoms with E-state index in [2.05, 4.69) is 40.7 Å². The number of hydrogen-bond donors (Lipinski definition) is 0. The molecule has 2 atom stereocenters. The summed E-state index contributed by atoms with van der Waals surface area (Å²) in [5.74, 6) is 1.03. The van der Waals surface area contributed by atoms with E-state index in [1.807, 2.05) is 12.1 Å². The van der Waals surface area contributed by atoms with Gasteiger partial charge < -0.3 is 19.1 Å². The molecule has 2 aromatic carbocycles. The fraction of sp³-hybridized carbons (Fsp3) is 0.600. The lowest BCUT2D eigenvalue weighted by molar-refractivity contribution is 0.0358. The van der Waals surface area contributed by atoms with E-state index in [1.54, 1.807) is 0 Å². The van der Waals surface area contributed by atoms with Gasteiger partial charge in [0, 0.05) is 63.1 Å². The van der Waals surface area contributed by atoms with Crippen molar-refractivity contribution >= 4 is 5.69 Å². The van der Waals surface area contributed by atoms with Crippen molar-refractivity contribution in [2.24, 2.45) is 0 Å². The number of fused-ring (bicyclic) bond motifs is 1. The van der Waals surface area contributed by atoms with Crippen LogP contribution in [-0.2, 0) is 4.74 Å². The Morgan fingerprint density at radius 3 is 2.62 bits per heavy atom. The third-order valence-corrected chi connectivity index (χ3v) is 8.56. The van der Waals surface area contributed by atoms with Crippen molar-refractivity contribution in [1.82, 2.24) is 9.80 Å². The molecular formula is C30H42FN3O3. The van der Waals surface area contributed by atoms with E-state index in [0.29, 0.717) is 17.8 Å². The first-order valence-corrected chi connectivity index (χ1v) is 13.9. The lowest BCUT2D eigenvalue weighted by Gasteiger charge is -2.49. The average Bonchev–Trinajstić information content (AvgIpc) is 2.93. The molecule has 0 radical (unpaired) electrons. The molecule has 3 aliphatic rings. The van der Waals surface area contributed by atoms with Crippen LogP contribution in [0.25, 0.3) is 0 Å². The number of rotatable bonds is 8. The molecular weight excluding hydrogens is 469 g/mol. The van der Waals surface area contributed by atoms with Gasteiger partial charge in [-0.1, -0.05) is 6.07 Å². The van der Waals surface area contributed by atoms with Crippen LogP contribution in [0.4, 0.5) is 10.1 Å². The van der Waals surface area contributed by atoms with E-state index in [0.717, 1.165) is 76.9 Å². The van der Waals surface area contributed by atoms with Crippen LogP contribution in [0, 0.1) is 19.7 Å². The van der Waals surface area contributed by atoms with Crippen LogP contribution in [-0.4, -0.2) is 82.0 Å². The number of methoxy groups -OCH3 is 1. The third kappa shape index (κ3) is 5.89. The lowest BCUT2D eigenvalue weighted by atomic mass is 9.86. The topological polar surface area (TPSA) is 37.4 Å². The Morgan fingerprint density at radius 1 is 0.973 bits per heavy atom. The number of morpholine rings is 1. The van der Waals surface area contributed by atoms with Gasteiger partial charge in [0.25, 0.3) is 0 Å². The van der Waals surface area contributed by atoms with Crippen molar-refractivity contribution in [2.45, 2.75) is 51.6 Å². The zero-order valence-corrected chi connectivity index (χ0v) is 22.7. The summed E-state index contributed by atoms with van der Waals surface area (Å²) in [6, 6.07) is 10.7. The molecule has 0 amide bonds. The highest BCUT2D eigenvalue weighted by Crippen LogP contribution is 2.40. The Hall–Kier alpha value is -2.35. The van der Waals surface area contributed by atoms with Crippen molar-refractivity contribution in [3.05, 3.63) is 52.8 Å². The molecule has 0 aromatic heterocycles. The molecule has 5 rings (SSSR count). The number of piperazine rings is 1. The SMILES string of the molecule is COc1cc(N2CCN3C(CCC[C@@H]3c3ccc(OCCCN4CCOCC4)c(C)c3C)C2)ccc1F. The summed E-state index contributed by atoms with van der Waals surface area (Å²) in [6.45, 7) is 12.9. The third-order valence-electron chi connectivity index (χ3n) is 8.56. The predicted molar refractivity (Wildman–Crippen MR) is 146 cm³/mol. The van der Waals surface area contributed by atoms with Crippen LogP contribution in [0.5, 0.6) is 11.5 Å². The number of hydrogen-bond acceptors (Lipinski definition) is 6. The molecule has 3 heterocycles. The van der Waals surface area contributed by atoms with Crippen LogP contribution < -0.4 is 14.4 Å². The number of anilines is 1. The number of halogens is 1. The molecule has 3 fully saturated rings. The van der Waals surface area contributed by atoms with E-state index in [-0.39, 0.29) is 5.82 Å². The smallest absolute Gasteiger partial charge is 0.165 e. The molecule has 0 bridgehead atoms. The van der Waals surface area contributed by atoms with Gasteiger partial charge in [-0.15, -0.1) is 0 Å². The molecule has 3 saturated heterocycles. The van der Waals surface area contributed by atoms with Gasteiger partial charge in [0.2, 0.25) is 0 Å². The summed E-state index contributed by atoms with van der Waals surface area (Å²) in [5, 5.41) is 0. The minimum atomic E-state index is -0.307. The van der Waals surface area contributed by atoms with E-state index >= 15 is 0 Å². The van der Waals surface area contributed by atoms with E-state index in [4.69, 9.17) is 14.2 Å². The van der Waals surface area contributed by atoms with E-state index in [9.17, 15) is 4.39 Å². The fourth-order valence-corrected chi connectivity index (χ4v) is 6.29. The second-order valence-electron chi connectivity index (χ2n) is 10.7. The Balaban J connectivity index is 1.21. The van der Waals surface area contributed by atoms with Gasteiger partial charge in [-0.3, -0.25) is 9.80 Å². The van der Waals surface area contributed by atoms with Crippen LogP contribution in [0.3, 0.4) is 0 Å². The van der Waals surface area contributed by atoms with Crippen molar-refractivity contribution < 1.29 is 18.6 Å². The molecule has 0 N–H and O–H groups in total. The van der Waals surface area contributed by atoms with Crippen molar-refractivity contribution in [1.29, 1.82) is 0 Å². The zero-order valence-electron chi connectivity index (χ0n) is 22.7. The molecule has 0 saturated carbocycles. The van der Waals surface area contributed by atoms with Gasteiger partial charge in [-0.25, -0.2) is 4.39 Å². The van der Waals surface area contributed by atoms with Crippen molar-refractivity contribution in [2.75, 3.05) is 71.1 Å². The van der Waals surface area contributed by atoms with Crippen molar-refractivity contribution in [3.8, 4) is 11.5 Å². The summed E-state index contributed by atoms with van der Waals surface area (Å²) in [6.07, 6.45) is 4.66. The fourth-order valence-electron chi connectivity index (χ4n) is 6.29. The molecule has 0 aliphatic carbocycles. The quantitative estimate of drug-likeness (QED) is 0.466. The summed E-state index contributed by atoms with van der Waals surface area (Å²) in [4.78, 5) is 7.56. The Labute approximate surface area is 221 Å². The van der Waals surface area contributed by atoms with Crippen molar-refractivity contribution in [3.63, 3.8) is 0 Å². The predicted octanol–water partition coefficient (Wildman–Crippen LogP) is 4.97. The highest BCUT2D eigenvalue weighted by molar-refractivity contribution is 5.52. The highest BCUT2D eigenvalue weighted by Gasteiger charge is 2.36. The van der Waals surface area contributed by atoms with Crippen LogP contribution in [0.15, 0.2) is 30.3 Å². The van der Waals surface area contributed by atoms with Crippen LogP contribution >= 0.6 is 0 Å². The zero-order chi connectivity index (χ0) is 25.8. The van der Waals surface area contributed by atoms with Gasteiger partial charge in [0.1, 0.15) is 5.75 Å². The molecule has 7 heteroatoms. The van der Waals surface area contributed by atoms with Crippen LogP contribution in [0.1, 0.15) is 48.4 Å². The molecule has 37 heavy (non-hydrogen) atoms. The first-order valence-electron chi connectivity index (χ1n) is 13.9. The summed E-state index contributed by atoms with van der Waals surface area (Å²) in [7, 11) is 1.53. The number of piperidine rings is 1. The lowest BCUT2D eigenvalue weighted by Crippen LogP contribution is -2.56. The molecule has 3 aliphatic heterocycles. The maximum Gasteiger partial charge on any atom is 0.165 e. The number of nitrogens with zero attached hydrogens (tertiary/aromatic N) is 3. The van der Waals surface area contributed by atoms with Gasteiger partial charge in [-0.2, -0.15) is 0 Å². The summed E-state index contributed by atoms with van der Waals surface area (Å²) >= 11 is 0. The Kier molecular flexibility index (Phi) is 8.53. The Bertz CT molecular complexity index is 1060. The molecule has 2 aromatic rings. The van der Waals surface area contributed by atoms with Gasteiger partial charge >= 0.3 is 0 Å². The standard InChI is InChI=1S/C30H42FN3O3/c1-22-23(2)29(37-17-5-12-32-15-18-36-19-16-32)11-9-26(22)28-7-4-6-25-21-33(13-14-34(25)28)24-8-10-27(31)30(20-24)35-3/h8-11,20,25,28H,4-7,12-19,21H2,1-3H3/t25?,28-/m1/s1. The number of ether oxygens (including phenoxy) is 3. The van der Waals surface area contributed by atoms with Gasteiger partial charge in [-0.05, 0) is 74.4 Å². The van der Waals surface area contributed by atoms with Gasteiger partial charge in [0.15, 0.2) is 11.6 Å². The highest BCUT2D eigenvalue weighted by atomic mass is 19.1. The second kappa shape index (κ2) is 12.0. The summed E-state index contributed by atoms with van der Waals surface area (Å²) in [5.41, 5.74) is 5.12.